The molecule has 3 aromatic rings. The molecule has 0 unspecified atom stereocenters. The molecule has 1 heterocycles. The maximum Gasteiger partial charge on any atom is 0.162 e. The van der Waals surface area contributed by atoms with Crippen molar-refractivity contribution in [1.82, 2.24) is 4.98 Å². The van der Waals surface area contributed by atoms with Crippen LogP contribution in [0.2, 0.25) is 0 Å². The van der Waals surface area contributed by atoms with Gasteiger partial charge in [-0.2, -0.15) is 5.26 Å². The van der Waals surface area contributed by atoms with Gasteiger partial charge in [0.25, 0.3) is 0 Å². The maximum absolute atomic E-state index is 9.51. The van der Waals surface area contributed by atoms with Crippen LogP contribution in [0.15, 0.2) is 42.6 Å². The van der Waals surface area contributed by atoms with Crippen LogP contribution in [0.3, 0.4) is 0 Å². The highest BCUT2D eigenvalue weighted by Gasteiger charge is 2.12. The van der Waals surface area contributed by atoms with E-state index in [-0.39, 0.29) is 12.4 Å². The fourth-order valence-corrected chi connectivity index (χ4v) is 2.71. The van der Waals surface area contributed by atoms with Crippen LogP contribution in [0.5, 0.6) is 17.2 Å². The summed E-state index contributed by atoms with van der Waals surface area (Å²) in [5.41, 5.74) is 2.66. The fraction of sp³-hybridized carbons (Fsp3) is 0.200. The maximum atomic E-state index is 9.51. The Bertz CT molecular complexity index is 986. The minimum absolute atomic E-state index is 0. The molecule has 0 bridgehead atoms. The second kappa shape index (κ2) is 8.97. The van der Waals surface area contributed by atoms with E-state index in [1.807, 2.05) is 43.3 Å². The van der Waals surface area contributed by atoms with Crippen molar-refractivity contribution < 1.29 is 14.2 Å². The van der Waals surface area contributed by atoms with Crippen LogP contribution in [0.4, 0.5) is 11.4 Å². The molecule has 2 aromatic carbocycles. The first-order valence-corrected chi connectivity index (χ1v) is 8.14. The monoisotopic (exact) mass is 385 g/mol. The Balaban J connectivity index is 0.00000261. The van der Waals surface area contributed by atoms with Crippen molar-refractivity contribution >= 4 is 34.7 Å². The molecule has 0 atom stereocenters. The first-order valence-electron chi connectivity index (χ1n) is 8.14. The molecular formula is C20H20ClN3O3. The number of hydrogen-bond donors (Lipinski definition) is 1. The van der Waals surface area contributed by atoms with E-state index in [1.54, 1.807) is 20.4 Å². The van der Waals surface area contributed by atoms with Crippen molar-refractivity contribution in [3.63, 3.8) is 0 Å². The Morgan fingerprint density at radius 3 is 2.52 bits per heavy atom. The molecule has 0 amide bonds. The third-order valence-electron chi connectivity index (χ3n) is 3.92. The molecule has 0 aliphatic carbocycles. The number of rotatable bonds is 6. The summed E-state index contributed by atoms with van der Waals surface area (Å²) in [6.07, 6.45) is 1.56. The van der Waals surface area contributed by atoms with Crippen molar-refractivity contribution in [2.45, 2.75) is 6.92 Å². The van der Waals surface area contributed by atoms with Gasteiger partial charge in [0.05, 0.1) is 37.6 Å². The van der Waals surface area contributed by atoms with Gasteiger partial charge < -0.3 is 19.5 Å². The minimum atomic E-state index is 0. The second-order valence-corrected chi connectivity index (χ2v) is 5.47. The van der Waals surface area contributed by atoms with E-state index in [4.69, 9.17) is 14.2 Å². The molecule has 0 saturated heterocycles. The number of pyridine rings is 1. The van der Waals surface area contributed by atoms with E-state index in [9.17, 15) is 5.26 Å². The molecule has 3 rings (SSSR count). The number of nitrogens with zero attached hydrogens (tertiary/aromatic N) is 2. The number of hydrogen-bond acceptors (Lipinski definition) is 6. The lowest BCUT2D eigenvalue weighted by Crippen LogP contribution is -1.99. The standard InChI is InChI=1S/C20H19N3O3.ClH/c1-4-26-15-6-7-17-16(10-15)20(13(11-21)12-22-17)23-14-5-8-18(24-2)19(9-14)25-3;/h5-10,12H,4H2,1-3H3,(H,22,23);1H. The highest BCUT2D eigenvalue weighted by Crippen LogP contribution is 2.35. The topological polar surface area (TPSA) is 76.4 Å². The molecule has 0 saturated carbocycles. The third kappa shape index (κ3) is 4.15. The van der Waals surface area contributed by atoms with Gasteiger partial charge in [0.2, 0.25) is 0 Å². The average molecular weight is 386 g/mol. The second-order valence-electron chi connectivity index (χ2n) is 5.47. The molecule has 27 heavy (non-hydrogen) atoms. The van der Waals surface area contributed by atoms with Crippen LogP contribution in [-0.2, 0) is 0 Å². The van der Waals surface area contributed by atoms with Gasteiger partial charge in [0, 0.05) is 23.3 Å². The molecule has 140 valence electrons. The molecule has 0 aliphatic rings. The van der Waals surface area contributed by atoms with Crippen LogP contribution in [0.1, 0.15) is 12.5 Å². The lowest BCUT2D eigenvalue weighted by molar-refractivity contribution is 0.340. The molecule has 7 heteroatoms. The highest BCUT2D eigenvalue weighted by molar-refractivity contribution is 5.96. The number of benzene rings is 2. The van der Waals surface area contributed by atoms with Gasteiger partial charge in [-0.05, 0) is 37.3 Å². The Morgan fingerprint density at radius 2 is 1.85 bits per heavy atom. The van der Waals surface area contributed by atoms with Gasteiger partial charge in [-0.1, -0.05) is 0 Å². The molecule has 6 nitrogen and oxygen atoms in total. The predicted molar refractivity (Wildman–Crippen MR) is 108 cm³/mol. The Kier molecular flexibility index (Phi) is 6.69. The third-order valence-corrected chi connectivity index (χ3v) is 3.92. The number of fused-ring (bicyclic) bond motifs is 1. The van der Waals surface area contributed by atoms with E-state index in [0.717, 1.165) is 22.3 Å². The van der Waals surface area contributed by atoms with Crippen LogP contribution >= 0.6 is 12.4 Å². The summed E-state index contributed by atoms with van der Waals surface area (Å²) in [6, 6.07) is 13.3. The van der Waals surface area contributed by atoms with Crippen LogP contribution in [-0.4, -0.2) is 25.8 Å². The van der Waals surface area contributed by atoms with Crippen molar-refractivity contribution in [2.24, 2.45) is 0 Å². The Labute approximate surface area is 164 Å². The normalized spacial score (nSPS) is 9.85. The molecule has 1 aromatic heterocycles. The lowest BCUT2D eigenvalue weighted by Gasteiger charge is -2.14. The smallest absolute Gasteiger partial charge is 0.162 e. The van der Waals surface area contributed by atoms with E-state index < -0.39 is 0 Å². The summed E-state index contributed by atoms with van der Waals surface area (Å²) in [5, 5.41) is 13.6. The van der Waals surface area contributed by atoms with Gasteiger partial charge in [-0.15, -0.1) is 12.4 Å². The largest absolute Gasteiger partial charge is 0.494 e. The SMILES string of the molecule is CCOc1ccc2ncc(C#N)c(Nc3ccc(OC)c(OC)c3)c2c1.Cl. The highest BCUT2D eigenvalue weighted by atomic mass is 35.5. The molecule has 0 fully saturated rings. The van der Waals surface area contributed by atoms with Gasteiger partial charge in [-0.3, -0.25) is 4.98 Å². The summed E-state index contributed by atoms with van der Waals surface area (Å²) in [6.45, 7) is 2.49. The van der Waals surface area contributed by atoms with E-state index >= 15 is 0 Å². The van der Waals surface area contributed by atoms with Gasteiger partial charge in [0.15, 0.2) is 11.5 Å². The summed E-state index contributed by atoms with van der Waals surface area (Å²) in [7, 11) is 3.17. The van der Waals surface area contributed by atoms with Crippen molar-refractivity contribution in [3.05, 3.63) is 48.2 Å². The van der Waals surface area contributed by atoms with E-state index in [0.29, 0.717) is 29.4 Å². The lowest BCUT2D eigenvalue weighted by atomic mass is 10.1. The summed E-state index contributed by atoms with van der Waals surface area (Å²) < 4.78 is 16.2. The zero-order chi connectivity index (χ0) is 18.5. The quantitative estimate of drug-likeness (QED) is 0.663. The summed E-state index contributed by atoms with van der Waals surface area (Å²) in [4.78, 5) is 4.35. The van der Waals surface area contributed by atoms with Gasteiger partial charge in [0.1, 0.15) is 11.8 Å². The zero-order valence-electron chi connectivity index (χ0n) is 15.3. The number of nitriles is 1. The first-order chi connectivity index (χ1) is 12.7. The molecule has 1 N–H and O–H groups in total. The number of nitrogens with one attached hydrogen (secondary N) is 1. The molecule has 0 spiro atoms. The number of methoxy groups -OCH3 is 2. The van der Waals surface area contributed by atoms with Gasteiger partial charge in [-0.25, -0.2) is 0 Å². The molecular weight excluding hydrogens is 366 g/mol. The van der Waals surface area contributed by atoms with Crippen LogP contribution in [0.25, 0.3) is 10.9 Å². The molecule has 0 radical (unpaired) electrons. The molecule has 0 aliphatic heterocycles. The number of halogens is 1. The average Bonchev–Trinajstić information content (AvgIpc) is 2.68. The van der Waals surface area contributed by atoms with Gasteiger partial charge >= 0.3 is 0 Å². The van der Waals surface area contributed by atoms with Crippen molar-refractivity contribution in [3.8, 4) is 23.3 Å². The van der Waals surface area contributed by atoms with E-state index in [2.05, 4.69) is 16.4 Å². The van der Waals surface area contributed by atoms with Crippen molar-refractivity contribution in [2.75, 3.05) is 26.1 Å². The van der Waals surface area contributed by atoms with E-state index in [1.165, 1.54) is 0 Å². The van der Waals surface area contributed by atoms with Crippen molar-refractivity contribution in [1.29, 1.82) is 5.26 Å². The summed E-state index contributed by atoms with van der Waals surface area (Å²) >= 11 is 0. The predicted octanol–water partition coefficient (Wildman–Crippen LogP) is 4.69. The Hall–Kier alpha value is -3.17. The number of aromatic nitrogens is 1. The minimum Gasteiger partial charge on any atom is -0.494 e. The first kappa shape index (κ1) is 20.1. The zero-order valence-corrected chi connectivity index (χ0v) is 16.1. The number of anilines is 2. The van der Waals surface area contributed by atoms with Crippen LogP contribution < -0.4 is 19.5 Å². The number of ether oxygens (including phenoxy) is 3. The van der Waals surface area contributed by atoms with Crippen LogP contribution in [0, 0.1) is 11.3 Å². The Morgan fingerprint density at radius 1 is 1.07 bits per heavy atom. The summed E-state index contributed by atoms with van der Waals surface area (Å²) in [5.74, 6) is 1.97. The fourth-order valence-electron chi connectivity index (χ4n) is 2.71.